The normalized spacial score (nSPS) is 10.2. The van der Waals surface area contributed by atoms with Crippen LogP contribution in [0.5, 0.6) is 0 Å². The molecule has 15 heavy (non-hydrogen) atoms. The van der Waals surface area contributed by atoms with Crippen LogP contribution in [-0.2, 0) is 6.54 Å². The van der Waals surface area contributed by atoms with Gasteiger partial charge in [-0.1, -0.05) is 5.16 Å². The van der Waals surface area contributed by atoms with Gasteiger partial charge in [-0.05, 0) is 30.7 Å². The van der Waals surface area contributed by atoms with E-state index in [1.54, 1.807) is 6.20 Å². The second-order valence-electron chi connectivity index (χ2n) is 3.46. The Kier molecular flexibility index (Phi) is 2.58. The molecular formula is C11H13N3O. The van der Waals surface area contributed by atoms with E-state index in [2.05, 4.69) is 10.5 Å². The second-order valence-corrected chi connectivity index (χ2v) is 3.46. The molecule has 0 bridgehead atoms. The molecular weight excluding hydrogens is 190 g/mol. The number of nitrogens with two attached hydrogens (primary N) is 1. The number of anilines is 2. The van der Waals surface area contributed by atoms with Gasteiger partial charge in [-0.3, -0.25) is 0 Å². The number of aromatic nitrogens is 1. The van der Waals surface area contributed by atoms with E-state index in [0.717, 1.165) is 22.7 Å². The Labute approximate surface area is 88.1 Å². The molecule has 0 aliphatic carbocycles. The number of benzene rings is 1. The minimum Gasteiger partial charge on any atom is -0.399 e. The van der Waals surface area contributed by atoms with Crippen LogP contribution in [-0.4, -0.2) is 5.16 Å². The van der Waals surface area contributed by atoms with E-state index in [1.807, 2.05) is 31.2 Å². The molecule has 0 atom stereocenters. The summed E-state index contributed by atoms with van der Waals surface area (Å²) in [6.07, 6.45) is 1.63. The van der Waals surface area contributed by atoms with Crippen LogP contribution in [0.1, 0.15) is 11.3 Å². The van der Waals surface area contributed by atoms with E-state index in [0.29, 0.717) is 6.54 Å². The predicted octanol–water partition coefficient (Wildman–Crippen LogP) is 2.18. The molecule has 0 radical (unpaired) electrons. The van der Waals surface area contributed by atoms with Crippen molar-refractivity contribution in [2.24, 2.45) is 0 Å². The zero-order chi connectivity index (χ0) is 10.7. The molecule has 1 aromatic carbocycles. The van der Waals surface area contributed by atoms with Gasteiger partial charge in [-0.25, -0.2) is 0 Å². The summed E-state index contributed by atoms with van der Waals surface area (Å²) < 4.78 is 4.97. The lowest BCUT2D eigenvalue weighted by Gasteiger charge is -2.06. The molecule has 1 aromatic heterocycles. The monoisotopic (exact) mass is 203 g/mol. The first-order valence-electron chi connectivity index (χ1n) is 4.74. The van der Waals surface area contributed by atoms with Crippen molar-refractivity contribution in [3.05, 3.63) is 41.8 Å². The Morgan fingerprint density at radius 3 is 2.93 bits per heavy atom. The number of nitrogens with zero attached hydrogens (tertiary/aromatic N) is 1. The first kappa shape index (κ1) is 9.58. The average molecular weight is 203 g/mol. The molecule has 78 valence electrons. The number of hydrogen-bond acceptors (Lipinski definition) is 4. The zero-order valence-corrected chi connectivity index (χ0v) is 8.53. The van der Waals surface area contributed by atoms with Crippen molar-refractivity contribution in [1.82, 2.24) is 5.16 Å². The zero-order valence-electron chi connectivity index (χ0n) is 8.53. The van der Waals surface area contributed by atoms with Crippen LogP contribution in [0, 0.1) is 6.92 Å². The maximum atomic E-state index is 5.73. The molecule has 0 aliphatic rings. The lowest BCUT2D eigenvalue weighted by atomic mass is 10.2. The van der Waals surface area contributed by atoms with Gasteiger partial charge in [-0.15, -0.1) is 0 Å². The van der Waals surface area contributed by atoms with Crippen LogP contribution in [0.3, 0.4) is 0 Å². The van der Waals surface area contributed by atoms with Crippen LogP contribution in [0.4, 0.5) is 11.4 Å². The van der Waals surface area contributed by atoms with Gasteiger partial charge in [0.25, 0.3) is 0 Å². The Bertz CT molecular complexity index is 417. The van der Waals surface area contributed by atoms with Crippen molar-refractivity contribution in [3.63, 3.8) is 0 Å². The lowest BCUT2D eigenvalue weighted by Crippen LogP contribution is -1.99. The van der Waals surface area contributed by atoms with Crippen molar-refractivity contribution in [2.75, 3.05) is 11.1 Å². The summed E-state index contributed by atoms with van der Waals surface area (Å²) in [6, 6.07) is 7.68. The van der Waals surface area contributed by atoms with E-state index >= 15 is 0 Å². The standard InChI is InChI=1S/C11H13N3O/c1-8-4-9(12)6-10(5-8)13-7-11-2-3-14-15-11/h2-6,13H,7,12H2,1H3. The third-order valence-corrected chi connectivity index (χ3v) is 2.06. The molecule has 2 aromatic rings. The number of nitrogens with one attached hydrogen (secondary N) is 1. The van der Waals surface area contributed by atoms with Crippen molar-refractivity contribution < 1.29 is 4.52 Å². The smallest absolute Gasteiger partial charge is 0.155 e. The largest absolute Gasteiger partial charge is 0.399 e. The summed E-state index contributed by atoms with van der Waals surface area (Å²) in [5.41, 5.74) is 8.62. The van der Waals surface area contributed by atoms with Crippen LogP contribution >= 0.6 is 0 Å². The fourth-order valence-electron chi connectivity index (χ4n) is 1.44. The van der Waals surface area contributed by atoms with Crippen LogP contribution in [0.15, 0.2) is 35.0 Å². The maximum absolute atomic E-state index is 5.73. The van der Waals surface area contributed by atoms with E-state index in [1.165, 1.54) is 0 Å². The summed E-state index contributed by atoms with van der Waals surface area (Å²) in [7, 11) is 0. The molecule has 0 amide bonds. The molecule has 1 heterocycles. The lowest BCUT2D eigenvalue weighted by molar-refractivity contribution is 0.388. The van der Waals surface area contributed by atoms with Gasteiger partial charge in [-0.2, -0.15) is 0 Å². The summed E-state index contributed by atoms with van der Waals surface area (Å²) in [5.74, 6) is 0.801. The molecule has 0 aliphatic heterocycles. The quantitative estimate of drug-likeness (QED) is 0.750. The van der Waals surface area contributed by atoms with Gasteiger partial charge >= 0.3 is 0 Å². The van der Waals surface area contributed by atoms with Crippen LogP contribution < -0.4 is 11.1 Å². The third-order valence-electron chi connectivity index (χ3n) is 2.06. The molecule has 4 nitrogen and oxygen atoms in total. The van der Waals surface area contributed by atoms with Gasteiger partial charge in [0, 0.05) is 17.4 Å². The van der Waals surface area contributed by atoms with Gasteiger partial charge in [0.05, 0.1) is 12.7 Å². The van der Waals surface area contributed by atoms with Crippen molar-refractivity contribution >= 4 is 11.4 Å². The van der Waals surface area contributed by atoms with E-state index in [-0.39, 0.29) is 0 Å². The number of hydrogen-bond donors (Lipinski definition) is 2. The summed E-state index contributed by atoms with van der Waals surface area (Å²) >= 11 is 0. The highest BCUT2D eigenvalue weighted by Gasteiger charge is 1.98. The summed E-state index contributed by atoms with van der Waals surface area (Å²) in [6.45, 7) is 2.62. The summed E-state index contributed by atoms with van der Waals surface area (Å²) in [5, 5.41) is 6.84. The topological polar surface area (TPSA) is 64.1 Å². The predicted molar refractivity (Wildman–Crippen MR) is 59.4 cm³/mol. The van der Waals surface area contributed by atoms with Crippen LogP contribution in [0.25, 0.3) is 0 Å². The van der Waals surface area contributed by atoms with E-state index < -0.39 is 0 Å². The molecule has 4 heteroatoms. The first-order chi connectivity index (χ1) is 7.24. The second kappa shape index (κ2) is 4.04. The van der Waals surface area contributed by atoms with Gasteiger partial charge in [0.2, 0.25) is 0 Å². The Morgan fingerprint density at radius 1 is 1.40 bits per heavy atom. The van der Waals surface area contributed by atoms with Gasteiger partial charge in [0.1, 0.15) is 0 Å². The molecule has 2 rings (SSSR count). The van der Waals surface area contributed by atoms with Crippen LogP contribution in [0.2, 0.25) is 0 Å². The fraction of sp³-hybridized carbons (Fsp3) is 0.182. The van der Waals surface area contributed by atoms with E-state index in [4.69, 9.17) is 10.3 Å². The average Bonchev–Trinajstić information content (AvgIpc) is 2.65. The number of rotatable bonds is 3. The van der Waals surface area contributed by atoms with Crippen molar-refractivity contribution in [1.29, 1.82) is 0 Å². The van der Waals surface area contributed by atoms with E-state index in [9.17, 15) is 0 Å². The molecule has 0 saturated heterocycles. The highest BCUT2D eigenvalue weighted by molar-refractivity contribution is 5.56. The number of aryl methyl sites for hydroxylation is 1. The first-order valence-corrected chi connectivity index (χ1v) is 4.74. The molecule has 3 N–H and O–H groups in total. The molecule has 0 saturated carbocycles. The number of nitrogen functional groups attached to an aromatic ring is 1. The SMILES string of the molecule is Cc1cc(N)cc(NCc2ccno2)c1. The highest BCUT2D eigenvalue weighted by atomic mass is 16.5. The maximum Gasteiger partial charge on any atom is 0.155 e. The molecule has 0 spiro atoms. The Morgan fingerprint density at radius 2 is 2.27 bits per heavy atom. The molecule has 0 fully saturated rings. The third kappa shape index (κ3) is 2.49. The van der Waals surface area contributed by atoms with Crippen molar-refractivity contribution in [2.45, 2.75) is 13.5 Å². The minimum absolute atomic E-state index is 0.614. The van der Waals surface area contributed by atoms with Gasteiger partial charge < -0.3 is 15.6 Å². The van der Waals surface area contributed by atoms with Crippen molar-refractivity contribution in [3.8, 4) is 0 Å². The molecule has 0 unspecified atom stereocenters. The fourth-order valence-corrected chi connectivity index (χ4v) is 1.44. The highest BCUT2D eigenvalue weighted by Crippen LogP contribution is 2.16. The Balaban J connectivity index is 2.05. The minimum atomic E-state index is 0.614. The van der Waals surface area contributed by atoms with Gasteiger partial charge in [0.15, 0.2) is 5.76 Å². The summed E-state index contributed by atoms with van der Waals surface area (Å²) in [4.78, 5) is 0. The Hall–Kier alpha value is -1.97.